The molecule has 2 nitrogen and oxygen atoms in total. The number of aliphatic hydroxyl groups excluding tert-OH is 1. The average Bonchev–Trinajstić information content (AvgIpc) is 2.71. The first-order valence-electron chi connectivity index (χ1n) is 9.73. The van der Waals surface area contributed by atoms with Crippen LogP contribution >= 0.6 is 0 Å². The lowest BCUT2D eigenvalue weighted by atomic mass is 9.41. The molecule has 0 aromatic heterocycles. The molecule has 3 saturated carbocycles. The van der Waals surface area contributed by atoms with E-state index in [1.54, 1.807) is 0 Å². The van der Waals surface area contributed by atoms with Crippen molar-refractivity contribution in [3.8, 4) is 0 Å². The van der Waals surface area contributed by atoms with Gasteiger partial charge in [-0.1, -0.05) is 32.9 Å². The molecule has 0 radical (unpaired) electrons. The molecule has 0 saturated heterocycles. The first kappa shape index (κ1) is 16.1. The van der Waals surface area contributed by atoms with Crippen LogP contribution in [-0.4, -0.2) is 21.9 Å². The summed E-state index contributed by atoms with van der Waals surface area (Å²) in [7, 11) is 0. The van der Waals surface area contributed by atoms with Crippen LogP contribution in [0.4, 0.5) is 0 Å². The Morgan fingerprint density at radius 1 is 0.913 bits per heavy atom. The van der Waals surface area contributed by atoms with Crippen LogP contribution in [0.25, 0.3) is 0 Å². The molecular weight excluding hydrogens is 284 g/mol. The fraction of sp³-hybridized carbons (Fsp3) is 0.905. The summed E-state index contributed by atoms with van der Waals surface area (Å²) in [5.41, 5.74) is 0.0706. The molecule has 0 heterocycles. The topological polar surface area (TPSA) is 40.5 Å². The van der Waals surface area contributed by atoms with Gasteiger partial charge in [-0.2, -0.15) is 0 Å². The summed E-state index contributed by atoms with van der Waals surface area (Å²) < 4.78 is 0. The average molecular weight is 319 g/mol. The predicted octanol–water partition coefficient (Wildman–Crippen LogP) is 4.31. The minimum absolute atomic E-state index is 0.107. The number of hydrogen-bond donors (Lipinski definition) is 2. The van der Waals surface area contributed by atoms with Crippen molar-refractivity contribution in [1.29, 1.82) is 0 Å². The molecule has 0 aromatic carbocycles. The largest absolute Gasteiger partial charge is 0.390 e. The van der Waals surface area contributed by atoms with Gasteiger partial charge < -0.3 is 10.2 Å². The van der Waals surface area contributed by atoms with Gasteiger partial charge in [0, 0.05) is 0 Å². The molecule has 4 aliphatic carbocycles. The summed E-state index contributed by atoms with van der Waals surface area (Å²) in [6, 6.07) is 0. The van der Waals surface area contributed by atoms with Crippen LogP contribution in [0.2, 0.25) is 0 Å². The molecule has 2 N–H and O–H groups in total. The lowest BCUT2D eigenvalue weighted by Gasteiger charge is -2.63. The standard InChI is InChI=1S/C21H34O2/c1-18-9-6-15-16(19(18,2)10-5-14(22)13-18)7-11-20(3)17(15)8-12-21(20,4)23/h5,10,14-17,22-23H,6-9,11-13H2,1-4H3. The molecule has 8 atom stereocenters. The van der Waals surface area contributed by atoms with Crippen molar-refractivity contribution in [1.82, 2.24) is 0 Å². The van der Waals surface area contributed by atoms with Crippen molar-refractivity contribution in [2.75, 3.05) is 0 Å². The van der Waals surface area contributed by atoms with Crippen LogP contribution in [-0.2, 0) is 0 Å². The summed E-state index contributed by atoms with van der Waals surface area (Å²) in [5.74, 6) is 2.15. The quantitative estimate of drug-likeness (QED) is 0.654. The van der Waals surface area contributed by atoms with E-state index in [1.807, 2.05) is 0 Å². The molecule has 8 unspecified atom stereocenters. The van der Waals surface area contributed by atoms with Gasteiger partial charge in [0.05, 0.1) is 11.7 Å². The second-order valence-corrected chi connectivity index (χ2v) is 10.2. The molecule has 2 heteroatoms. The van der Waals surface area contributed by atoms with Gasteiger partial charge >= 0.3 is 0 Å². The van der Waals surface area contributed by atoms with E-state index in [2.05, 4.69) is 39.8 Å². The lowest BCUT2D eigenvalue weighted by Crippen LogP contribution is -2.58. The molecule has 0 spiro atoms. The summed E-state index contributed by atoms with van der Waals surface area (Å²) in [6.45, 7) is 9.31. The molecule has 0 bridgehead atoms. The SMILES string of the molecule is CC1(O)CCC2C3CCC4(C)CC(O)C=CC4(C)C3CCC21C. The van der Waals surface area contributed by atoms with Gasteiger partial charge in [0.15, 0.2) is 0 Å². The van der Waals surface area contributed by atoms with Crippen molar-refractivity contribution in [2.24, 2.45) is 34.0 Å². The number of fused-ring (bicyclic) bond motifs is 5. The summed E-state index contributed by atoms with van der Waals surface area (Å²) in [4.78, 5) is 0. The number of aliphatic hydroxyl groups is 2. The van der Waals surface area contributed by atoms with Crippen molar-refractivity contribution >= 4 is 0 Å². The summed E-state index contributed by atoms with van der Waals surface area (Å²) in [6.07, 6.45) is 12.2. The van der Waals surface area contributed by atoms with E-state index in [4.69, 9.17) is 0 Å². The third-order valence-electron chi connectivity index (χ3n) is 9.42. The molecule has 130 valence electrons. The van der Waals surface area contributed by atoms with Gasteiger partial charge in [-0.3, -0.25) is 0 Å². The molecule has 4 rings (SSSR count). The Morgan fingerprint density at radius 2 is 1.61 bits per heavy atom. The maximum Gasteiger partial charge on any atom is 0.0726 e. The second-order valence-electron chi connectivity index (χ2n) is 10.2. The molecule has 23 heavy (non-hydrogen) atoms. The van der Waals surface area contributed by atoms with E-state index in [0.717, 1.165) is 31.1 Å². The van der Waals surface area contributed by atoms with Crippen LogP contribution in [0, 0.1) is 34.0 Å². The monoisotopic (exact) mass is 318 g/mol. The Kier molecular flexibility index (Phi) is 3.25. The lowest BCUT2D eigenvalue weighted by molar-refractivity contribution is -0.152. The first-order valence-corrected chi connectivity index (χ1v) is 9.73. The van der Waals surface area contributed by atoms with E-state index in [-0.39, 0.29) is 22.3 Å². The van der Waals surface area contributed by atoms with Gasteiger partial charge in [-0.15, -0.1) is 0 Å². The first-order chi connectivity index (χ1) is 10.6. The highest BCUT2D eigenvalue weighted by atomic mass is 16.3. The minimum atomic E-state index is -0.483. The molecule has 0 aliphatic heterocycles. The third kappa shape index (κ3) is 1.88. The smallest absolute Gasteiger partial charge is 0.0726 e. The zero-order chi connectivity index (χ0) is 16.7. The molecule has 3 fully saturated rings. The Hall–Kier alpha value is -0.340. The number of hydrogen-bond acceptors (Lipinski definition) is 2. The third-order valence-corrected chi connectivity index (χ3v) is 9.42. The van der Waals surface area contributed by atoms with E-state index >= 15 is 0 Å². The van der Waals surface area contributed by atoms with E-state index < -0.39 is 5.60 Å². The Morgan fingerprint density at radius 3 is 2.35 bits per heavy atom. The second kappa shape index (κ2) is 4.64. The normalized spacial score (nSPS) is 61.7. The Balaban J connectivity index is 1.71. The van der Waals surface area contributed by atoms with Gasteiger partial charge in [-0.05, 0) is 85.9 Å². The van der Waals surface area contributed by atoms with Crippen molar-refractivity contribution < 1.29 is 10.2 Å². The Labute approximate surface area is 141 Å². The van der Waals surface area contributed by atoms with Gasteiger partial charge in [0.1, 0.15) is 0 Å². The van der Waals surface area contributed by atoms with Crippen molar-refractivity contribution in [3.63, 3.8) is 0 Å². The zero-order valence-corrected chi connectivity index (χ0v) is 15.3. The number of rotatable bonds is 0. The highest BCUT2D eigenvalue weighted by Crippen LogP contribution is 2.70. The molecule has 0 amide bonds. The van der Waals surface area contributed by atoms with Gasteiger partial charge in [-0.25, -0.2) is 0 Å². The predicted molar refractivity (Wildman–Crippen MR) is 92.9 cm³/mol. The summed E-state index contributed by atoms with van der Waals surface area (Å²) in [5, 5.41) is 21.1. The fourth-order valence-electron chi connectivity index (χ4n) is 7.37. The van der Waals surface area contributed by atoms with E-state index in [0.29, 0.717) is 5.92 Å². The maximum atomic E-state index is 11.0. The minimum Gasteiger partial charge on any atom is -0.390 e. The van der Waals surface area contributed by atoms with E-state index in [9.17, 15) is 10.2 Å². The maximum absolute atomic E-state index is 11.0. The highest BCUT2D eigenvalue weighted by molar-refractivity contribution is 5.21. The molecule has 0 aromatic rings. The fourth-order valence-corrected chi connectivity index (χ4v) is 7.37. The zero-order valence-electron chi connectivity index (χ0n) is 15.3. The van der Waals surface area contributed by atoms with Crippen molar-refractivity contribution in [2.45, 2.75) is 84.3 Å². The van der Waals surface area contributed by atoms with Crippen LogP contribution < -0.4 is 0 Å². The summed E-state index contributed by atoms with van der Waals surface area (Å²) >= 11 is 0. The van der Waals surface area contributed by atoms with E-state index in [1.165, 1.54) is 25.7 Å². The Bertz CT molecular complexity index is 538. The molecular formula is C21H34O2. The molecule has 4 aliphatic rings. The highest BCUT2D eigenvalue weighted by Gasteiger charge is 2.64. The van der Waals surface area contributed by atoms with Crippen LogP contribution in [0.3, 0.4) is 0 Å². The van der Waals surface area contributed by atoms with Gasteiger partial charge in [0.2, 0.25) is 0 Å². The van der Waals surface area contributed by atoms with Gasteiger partial charge in [0.25, 0.3) is 0 Å². The van der Waals surface area contributed by atoms with Crippen LogP contribution in [0.5, 0.6) is 0 Å². The van der Waals surface area contributed by atoms with Crippen LogP contribution in [0.15, 0.2) is 12.2 Å². The van der Waals surface area contributed by atoms with Crippen molar-refractivity contribution in [3.05, 3.63) is 12.2 Å². The van der Waals surface area contributed by atoms with Crippen LogP contribution in [0.1, 0.15) is 72.6 Å². The number of allylic oxidation sites excluding steroid dienone is 1.